The van der Waals surface area contributed by atoms with Crippen molar-refractivity contribution < 1.29 is 0 Å². The van der Waals surface area contributed by atoms with Gasteiger partial charge in [0.15, 0.2) is 5.82 Å². The van der Waals surface area contributed by atoms with Crippen LogP contribution in [0.4, 0.5) is 0 Å². The van der Waals surface area contributed by atoms with Crippen molar-refractivity contribution in [2.75, 3.05) is 6.54 Å². The molecule has 1 N–H and O–H groups in total. The van der Waals surface area contributed by atoms with Crippen LogP contribution in [-0.4, -0.2) is 26.8 Å². The Morgan fingerprint density at radius 2 is 2.11 bits per heavy atom. The number of aromatic nitrogens is 4. The number of hydrogen-bond donors (Lipinski definition) is 1. The van der Waals surface area contributed by atoms with Crippen LogP contribution in [0.15, 0.2) is 18.2 Å². The maximum atomic E-state index is 6.06. The lowest BCUT2D eigenvalue weighted by Gasteiger charge is -2.17. The summed E-state index contributed by atoms with van der Waals surface area (Å²) in [5, 5.41) is 16.5. The topological polar surface area (TPSA) is 55.6 Å². The lowest BCUT2D eigenvalue weighted by Crippen LogP contribution is -2.23. The van der Waals surface area contributed by atoms with Gasteiger partial charge in [-0.2, -0.15) is 4.80 Å². The highest BCUT2D eigenvalue weighted by atomic mass is 35.5. The lowest BCUT2D eigenvalue weighted by molar-refractivity contribution is 0.535. The maximum Gasteiger partial charge on any atom is 0.176 e. The van der Waals surface area contributed by atoms with E-state index in [1.54, 1.807) is 13.1 Å². The first-order valence-corrected chi connectivity index (χ1v) is 6.77. The highest BCUT2D eigenvalue weighted by Gasteiger charge is 2.15. The minimum absolute atomic E-state index is 0.0870. The second kappa shape index (κ2) is 6.32. The fourth-order valence-electron chi connectivity index (χ4n) is 1.87. The Bertz CT molecular complexity index is 555. The molecule has 0 saturated heterocycles. The summed E-state index contributed by atoms with van der Waals surface area (Å²) in [5.41, 5.74) is 1.06. The highest BCUT2D eigenvalue weighted by molar-refractivity contribution is 6.42. The molecule has 0 aliphatic carbocycles. The zero-order valence-electron chi connectivity index (χ0n) is 10.8. The Morgan fingerprint density at radius 3 is 2.68 bits per heavy atom. The predicted molar refractivity (Wildman–Crippen MR) is 75.4 cm³/mol. The van der Waals surface area contributed by atoms with Gasteiger partial charge in [-0.1, -0.05) is 36.2 Å². The van der Waals surface area contributed by atoms with Crippen LogP contribution in [0.3, 0.4) is 0 Å². The van der Waals surface area contributed by atoms with Crippen molar-refractivity contribution in [3.8, 4) is 0 Å². The first-order chi connectivity index (χ1) is 9.10. The Balaban J connectivity index is 2.21. The van der Waals surface area contributed by atoms with E-state index in [0.29, 0.717) is 22.3 Å². The molecule has 1 aromatic heterocycles. The number of nitrogens with one attached hydrogen (secondary N) is 1. The normalized spacial score (nSPS) is 12.6. The zero-order chi connectivity index (χ0) is 13.8. The molecule has 0 fully saturated rings. The Kier molecular flexibility index (Phi) is 4.74. The number of tetrazole rings is 1. The van der Waals surface area contributed by atoms with Crippen LogP contribution in [0.25, 0.3) is 0 Å². The van der Waals surface area contributed by atoms with E-state index in [4.69, 9.17) is 23.2 Å². The molecule has 0 aliphatic rings. The summed E-state index contributed by atoms with van der Waals surface area (Å²) in [6.45, 7) is 2.89. The largest absolute Gasteiger partial charge is 0.310 e. The molecule has 102 valence electrons. The van der Waals surface area contributed by atoms with E-state index in [9.17, 15) is 0 Å². The zero-order valence-corrected chi connectivity index (χ0v) is 12.3. The minimum atomic E-state index is 0.0870. The molecule has 0 bridgehead atoms. The number of benzene rings is 1. The smallest absolute Gasteiger partial charge is 0.176 e. The van der Waals surface area contributed by atoms with Gasteiger partial charge < -0.3 is 5.32 Å². The van der Waals surface area contributed by atoms with Crippen LogP contribution in [-0.2, 0) is 13.5 Å². The molecule has 0 aliphatic heterocycles. The monoisotopic (exact) mass is 299 g/mol. The fourth-order valence-corrected chi connectivity index (χ4v) is 2.18. The summed E-state index contributed by atoms with van der Waals surface area (Å²) in [4.78, 5) is 1.45. The Morgan fingerprint density at radius 1 is 1.32 bits per heavy atom. The van der Waals surface area contributed by atoms with E-state index in [2.05, 4.69) is 27.7 Å². The van der Waals surface area contributed by atoms with Crippen LogP contribution in [0.1, 0.15) is 24.4 Å². The minimum Gasteiger partial charge on any atom is -0.310 e. The molecule has 1 aromatic carbocycles. The van der Waals surface area contributed by atoms with Crippen LogP contribution >= 0.6 is 23.2 Å². The first kappa shape index (κ1) is 14.2. The molecule has 19 heavy (non-hydrogen) atoms. The number of likely N-dealkylation sites (N-methyl/N-ethyl adjacent to an activating group) is 1. The molecule has 0 amide bonds. The molecule has 7 heteroatoms. The van der Waals surface area contributed by atoms with Gasteiger partial charge >= 0.3 is 0 Å². The van der Waals surface area contributed by atoms with Gasteiger partial charge in [-0.25, -0.2) is 0 Å². The molecular formula is C12H15Cl2N5. The molecule has 1 heterocycles. The van der Waals surface area contributed by atoms with Crippen LogP contribution in [0, 0.1) is 0 Å². The van der Waals surface area contributed by atoms with Crippen LogP contribution in [0.5, 0.6) is 0 Å². The van der Waals surface area contributed by atoms with E-state index in [0.717, 1.165) is 12.1 Å². The van der Waals surface area contributed by atoms with Gasteiger partial charge in [-0.15, -0.1) is 10.2 Å². The lowest BCUT2D eigenvalue weighted by atomic mass is 10.0. The van der Waals surface area contributed by atoms with Crippen molar-refractivity contribution in [2.45, 2.75) is 19.4 Å². The Hall–Kier alpha value is -1.17. The number of aryl methyl sites for hydroxylation is 1. The van der Waals surface area contributed by atoms with Gasteiger partial charge in [0.25, 0.3) is 0 Å². The van der Waals surface area contributed by atoms with Gasteiger partial charge in [0.1, 0.15) is 0 Å². The number of halogens is 2. The third-order valence-electron chi connectivity index (χ3n) is 2.73. The SMILES string of the molecule is CCNC(Cc1nnn(C)n1)c1ccc(Cl)c(Cl)c1. The maximum absolute atomic E-state index is 6.06. The van der Waals surface area contributed by atoms with E-state index >= 15 is 0 Å². The molecule has 1 atom stereocenters. The first-order valence-electron chi connectivity index (χ1n) is 6.01. The van der Waals surface area contributed by atoms with E-state index < -0.39 is 0 Å². The molecule has 2 rings (SSSR count). The van der Waals surface area contributed by atoms with Crippen molar-refractivity contribution in [2.24, 2.45) is 7.05 Å². The van der Waals surface area contributed by atoms with Gasteiger partial charge in [-0.3, -0.25) is 0 Å². The summed E-state index contributed by atoms with van der Waals surface area (Å²) in [6, 6.07) is 5.71. The van der Waals surface area contributed by atoms with Crippen molar-refractivity contribution >= 4 is 23.2 Å². The molecule has 2 aromatic rings. The summed E-state index contributed by atoms with van der Waals surface area (Å²) in [6.07, 6.45) is 0.652. The average Bonchev–Trinajstić information content (AvgIpc) is 2.78. The number of hydrogen-bond acceptors (Lipinski definition) is 4. The van der Waals surface area contributed by atoms with Crippen molar-refractivity contribution in [1.82, 2.24) is 25.5 Å². The fraction of sp³-hybridized carbons (Fsp3) is 0.417. The second-order valence-electron chi connectivity index (χ2n) is 4.18. The quantitative estimate of drug-likeness (QED) is 0.921. The van der Waals surface area contributed by atoms with E-state index in [1.807, 2.05) is 12.1 Å². The van der Waals surface area contributed by atoms with Gasteiger partial charge in [0.05, 0.1) is 17.1 Å². The predicted octanol–water partition coefficient (Wildman–Crippen LogP) is 2.41. The molecule has 1 unspecified atom stereocenters. The highest BCUT2D eigenvalue weighted by Crippen LogP contribution is 2.26. The molecule has 0 spiro atoms. The molecule has 0 saturated carbocycles. The third kappa shape index (κ3) is 3.65. The summed E-state index contributed by atoms with van der Waals surface area (Å²) >= 11 is 12.0. The second-order valence-corrected chi connectivity index (χ2v) is 5.00. The van der Waals surface area contributed by atoms with Gasteiger partial charge in [0, 0.05) is 12.5 Å². The van der Waals surface area contributed by atoms with E-state index in [-0.39, 0.29) is 6.04 Å². The van der Waals surface area contributed by atoms with Crippen LogP contribution < -0.4 is 5.32 Å². The molecular weight excluding hydrogens is 285 g/mol. The molecule has 0 radical (unpaired) electrons. The standard InChI is InChI=1S/C12H15Cl2N5/c1-3-15-11(7-12-16-18-19(2)17-12)8-4-5-9(13)10(14)6-8/h4-6,11,15H,3,7H2,1-2H3. The number of rotatable bonds is 5. The third-order valence-corrected chi connectivity index (χ3v) is 3.47. The summed E-state index contributed by atoms with van der Waals surface area (Å²) in [5.74, 6) is 0.694. The van der Waals surface area contributed by atoms with Crippen molar-refractivity contribution in [3.63, 3.8) is 0 Å². The van der Waals surface area contributed by atoms with Crippen molar-refractivity contribution in [1.29, 1.82) is 0 Å². The summed E-state index contributed by atoms with van der Waals surface area (Å²) < 4.78 is 0. The van der Waals surface area contributed by atoms with Gasteiger partial charge in [0.2, 0.25) is 0 Å². The Labute approximate surface area is 121 Å². The average molecular weight is 300 g/mol. The van der Waals surface area contributed by atoms with Gasteiger partial charge in [-0.05, 0) is 29.5 Å². The molecule has 5 nitrogen and oxygen atoms in total. The number of nitrogens with zero attached hydrogens (tertiary/aromatic N) is 4. The summed E-state index contributed by atoms with van der Waals surface area (Å²) in [7, 11) is 1.75. The van der Waals surface area contributed by atoms with E-state index in [1.165, 1.54) is 4.80 Å². The van der Waals surface area contributed by atoms with Crippen LogP contribution in [0.2, 0.25) is 10.0 Å². The van der Waals surface area contributed by atoms with Crippen molar-refractivity contribution in [3.05, 3.63) is 39.6 Å².